The van der Waals surface area contributed by atoms with E-state index in [4.69, 9.17) is 21.1 Å². The van der Waals surface area contributed by atoms with Crippen molar-refractivity contribution in [1.29, 1.82) is 0 Å². The zero-order valence-corrected chi connectivity index (χ0v) is 13.7. The molecule has 0 fully saturated rings. The molecule has 0 saturated heterocycles. The Morgan fingerprint density at radius 2 is 2.11 bits per heavy atom. The van der Waals surface area contributed by atoms with Crippen LogP contribution in [0.25, 0.3) is 0 Å². The van der Waals surface area contributed by atoms with Gasteiger partial charge in [-0.15, -0.1) is 0 Å². The van der Waals surface area contributed by atoms with Crippen molar-refractivity contribution < 1.29 is 14.3 Å². The highest BCUT2D eigenvalue weighted by atomic mass is 79.9. The molecule has 1 aromatic carbocycles. The first-order valence-corrected chi connectivity index (χ1v) is 7.45. The fourth-order valence-electron chi connectivity index (χ4n) is 1.70. The van der Waals surface area contributed by atoms with Crippen molar-refractivity contribution in [1.82, 2.24) is 0 Å². The van der Waals surface area contributed by atoms with E-state index in [1.54, 1.807) is 13.0 Å². The van der Waals surface area contributed by atoms with Crippen LogP contribution >= 0.6 is 27.5 Å². The Hall–Kier alpha value is -0.740. The molecular formula is C14H18BrClO3. The Morgan fingerprint density at radius 1 is 1.42 bits per heavy atom. The molecule has 0 aliphatic carbocycles. The number of aryl methyl sites for hydroxylation is 1. The molecule has 0 aromatic heterocycles. The van der Waals surface area contributed by atoms with Gasteiger partial charge in [0.25, 0.3) is 0 Å². The monoisotopic (exact) mass is 348 g/mol. The van der Waals surface area contributed by atoms with E-state index < -0.39 is 6.10 Å². The summed E-state index contributed by atoms with van der Waals surface area (Å²) >= 11 is 9.52. The summed E-state index contributed by atoms with van der Waals surface area (Å²) in [6.07, 6.45) is 0.823. The Labute approximate surface area is 127 Å². The third-order valence-corrected chi connectivity index (χ3v) is 3.29. The highest BCUT2D eigenvalue weighted by Gasteiger charge is 2.22. The van der Waals surface area contributed by atoms with E-state index in [-0.39, 0.29) is 5.97 Å². The number of carbonyl (C=O) groups is 1. The number of esters is 1. The minimum absolute atomic E-state index is 0.343. The average Bonchev–Trinajstić information content (AvgIpc) is 2.32. The van der Waals surface area contributed by atoms with Crippen LogP contribution in [0, 0.1) is 6.92 Å². The summed E-state index contributed by atoms with van der Waals surface area (Å²) in [6.45, 7) is 6.00. The van der Waals surface area contributed by atoms with Gasteiger partial charge in [0.2, 0.25) is 0 Å². The third-order valence-electron chi connectivity index (χ3n) is 2.55. The van der Waals surface area contributed by atoms with Gasteiger partial charge in [0.1, 0.15) is 5.75 Å². The number of benzene rings is 1. The second-order valence-corrected chi connectivity index (χ2v) is 5.50. The molecule has 0 saturated carbocycles. The minimum Gasteiger partial charge on any atom is -0.477 e. The predicted molar refractivity (Wildman–Crippen MR) is 79.8 cm³/mol. The SMILES string of the molecule is CCCC(Oc1c(C)cc(Br)cc1Cl)C(=O)OCC. The second-order valence-electron chi connectivity index (χ2n) is 4.18. The number of ether oxygens (including phenoxy) is 2. The number of halogens is 2. The van der Waals surface area contributed by atoms with Gasteiger partial charge in [0.15, 0.2) is 6.10 Å². The summed E-state index contributed by atoms with van der Waals surface area (Å²) in [5.74, 6) is 0.194. The molecule has 3 nitrogen and oxygen atoms in total. The van der Waals surface area contributed by atoms with Crippen molar-refractivity contribution in [3.63, 3.8) is 0 Å². The van der Waals surface area contributed by atoms with Crippen molar-refractivity contribution >= 4 is 33.5 Å². The van der Waals surface area contributed by atoms with Gasteiger partial charge < -0.3 is 9.47 Å². The van der Waals surface area contributed by atoms with Gasteiger partial charge in [-0.3, -0.25) is 0 Å². The zero-order valence-electron chi connectivity index (χ0n) is 11.3. The van der Waals surface area contributed by atoms with Gasteiger partial charge in [0.05, 0.1) is 11.6 Å². The first-order valence-electron chi connectivity index (χ1n) is 6.28. The molecule has 0 spiro atoms. The topological polar surface area (TPSA) is 35.5 Å². The van der Waals surface area contributed by atoms with Crippen molar-refractivity contribution in [2.45, 2.75) is 39.7 Å². The van der Waals surface area contributed by atoms with Crippen LogP contribution in [0.4, 0.5) is 0 Å². The Bertz CT molecular complexity index is 425. The van der Waals surface area contributed by atoms with E-state index >= 15 is 0 Å². The van der Waals surface area contributed by atoms with E-state index in [1.165, 1.54) is 0 Å². The van der Waals surface area contributed by atoms with E-state index in [9.17, 15) is 4.79 Å². The van der Waals surface area contributed by atoms with E-state index in [0.29, 0.717) is 23.8 Å². The molecular weight excluding hydrogens is 332 g/mol. The zero-order chi connectivity index (χ0) is 14.4. The summed E-state index contributed by atoms with van der Waals surface area (Å²) in [6, 6.07) is 3.65. The van der Waals surface area contributed by atoms with Gasteiger partial charge in [-0.05, 0) is 38.0 Å². The van der Waals surface area contributed by atoms with E-state index in [0.717, 1.165) is 16.5 Å². The largest absolute Gasteiger partial charge is 0.477 e. The maximum Gasteiger partial charge on any atom is 0.347 e. The fourth-order valence-corrected chi connectivity index (χ4v) is 2.72. The lowest BCUT2D eigenvalue weighted by Crippen LogP contribution is -2.29. The summed E-state index contributed by atoms with van der Waals surface area (Å²) in [5, 5.41) is 0.484. The number of hydrogen-bond donors (Lipinski definition) is 0. The van der Waals surface area contributed by atoms with Crippen LogP contribution in [0.15, 0.2) is 16.6 Å². The second kappa shape index (κ2) is 7.75. The van der Waals surface area contributed by atoms with Crippen LogP contribution in [-0.2, 0) is 9.53 Å². The summed E-state index contributed by atoms with van der Waals surface area (Å²) in [4.78, 5) is 11.8. The van der Waals surface area contributed by atoms with Crippen molar-refractivity contribution in [3.8, 4) is 5.75 Å². The quantitative estimate of drug-likeness (QED) is 0.708. The highest BCUT2D eigenvalue weighted by Crippen LogP contribution is 2.33. The highest BCUT2D eigenvalue weighted by molar-refractivity contribution is 9.10. The van der Waals surface area contributed by atoms with Gasteiger partial charge in [-0.25, -0.2) is 4.79 Å². The molecule has 1 aromatic rings. The molecule has 0 N–H and O–H groups in total. The maximum absolute atomic E-state index is 11.8. The molecule has 0 heterocycles. The van der Waals surface area contributed by atoms with E-state index in [1.807, 2.05) is 19.9 Å². The van der Waals surface area contributed by atoms with Crippen LogP contribution in [-0.4, -0.2) is 18.7 Å². The van der Waals surface area contributed by atoms with Crippen molar-refractivity contribution in [3.05, 3.63) is 27.2 Å². The molecule has 0 bridgehead atoms. The standard InChI is InChI=1S/C14H18BrClO3/c1-4-6-12(14(17)18-5-2)19-13-9(3)7-10(15)8-11(13)16/h7-8,12H,4-6H2,1-3H3. The van der Waals surface area contributed by atoms with Crippen molar-refractivity contribution in [2.75, 3.05) is 6.61 Å². The Morgan fingerprint density at radius 3 is 2.63 bits per heavy atom. The summed E-state index contributed by atoms with van der Waals surface area (Å²) < 4.78 is 11.7. The molecule has 1 atom stereocenters. The average molecular weight is 350 g/mol. The molecule has 106 valence electrons. The molecule has 0 aliphatic heterocycles. The van der Waals surface area contributed by atoms with Gasteiger partial charge >= 0.3 is 5.97 Å². The van der Waals surface area contributed by atoms with Gasteiger partial charge in [-0.1, -0.05) is 40.9 Å². The number of rotatable bonds is 6. The predicted octanol–water partition coefficient (Wildman–Crippen LogP) is 4.52. The number of carbonyl (C=O) groups excluding carboxylic acids is 1. The molecule has 0 radical (unpaired) electrons. The smallest absolute Gasteiger partial charge is 0.347 e. The van der Waals surface area contributed by atoms with Crippen LogP contribution < -0.4 is 4.74 Å². The van der Waals surface area contributed by atoms with Crippen molar-refractivity contribution in [2.24, 2.45) is 0 Å². The van der Waals surface area contributed by atoms with Crippen LogP contribution in [0.2, 0.25) is 5.02 Å². The molecule has 1 unspecified atom stereocenters. The van der Waals surface area contributed by atoms with E-state index in [2.05, 4.69) is 15.9 Å². The summed E-state index contributed by atoms with van der Waals surface area (Å²) in [7, 11) is 0. The first kappa shape index (κ1) is 16.3. The lowest BCUT2D eigenvalue weighted by molar-refractivity contribution is -0.151. The normalized spacial score (nSPS) is 12.1. The fraction of sp³-hybridized carbons (Fsp3) is 0.500. The number of hydrogen-bond acceptors (Lipinski definition) is 3. The molecule has 0 amide bonds. The van der Waals surface area contributed by atoms with Gasteiger partial charge in [-0.2, -0.15) is 0 Å². The van der Waals surface area contributed by atoms with Crippen LogP contribution in [0.5, 0.6) is 5.75 Å². The Balaban J connectivity index is 2.93. The molecule has 19 heavy (non-hydrogen) atoms. The van der Waals surface area contributed by atoms with Crippen LogP contribution in [0.3, 0.4) is 0 Å². The third kappa shape index (κ3) is 4.69. The van der Waals surface area contributed by atoms with Crippen LogP contribution in [0.1, 0.15) is 32.3 Å². The molecule has 1 rings (SSSR count). The molecule has 5 heteroatoms. The lowest BCUT2D eigenvalue weighted by Gasteiger charge is -2.19. The minimum atomic E-state index is -0.609. The molecule has 0 aliphatic rings. The first-order chi connectivity index (χ1) is 8.99. The van der Waals surface area contributed by atoms with Gasteiger partial charge in [0, 0.05) is 4.47 Å². The summed E-state index contributed by atoms with van der Waals surface area (Å²) in [5.41, 5.74) is 0.879. The Kier molecular flexibility index (Phi) is 6.66. The lowest BCUT2D eigenvalue weighted by atomic mass is 10.2. The maximum atomic E-state index is 11.8.